The Hall–Kier alpha value is -0.700. The Bertz CT molecular complexity index is 410. The number of halogens is 3. The number of hydrogen-bond acceptors (Lipinski definition) is 5. The van der Waals surface area contributed by atoms with Gasteiger partial charge in [0.05, 0.1) is 0 Å². The van der Waals surface area contributed by atoms with Crippen molar-refractivity contribution >= 4 is 31.0 Å². The molecule has 1 N–H and O–H groups in total. The molecule has 0 saturated carbocycles. The molecule has 1 unspecified atom stereocenters. The normalized spacial score (nSPS) is 13.4. The first-order valence-corrected chi connectivity index (χ1v) is 8.25. The highest BCUT2D eigenvalue weighted by molar-refractivity contribution is 7.97. The van der Waals surface area contributed by atoms with E-state index in [2.05, 4.69) is 0 Å². The lowest BCUT2D eigenvalue weighted by Crippen LogP contribution is -2.65. The van der Waals surface area contributed by atoms with Gasteiger partial charge in [-0.15, -0.1) is 0 Å². The van der Waals surface area contributed by atoms with E-state index in [1.54, 1.807) is 0 Å². The van der Waals surface area contributed by atoms with Crippen molar-refractivity contribution in [2.45, 2.75) is 18.1 Å². The van der Waals surface area contributed by atoms with E-state index in [0.717, 1.165) is 0 Å². The second-order valence-electron chi connectivity index (χ2n) is 4.76. The van der Waals surface area contributed by atoms with Gasteiger partial charge in [-0.25, -0.2) is 0 Å². The first-order valence-electron chi connectivity index (χ1n) is 5.78. The molecule has 0 spiro atoms. The van der Waals surface area contributed by atoms with Gasteiger partial charge in [-0.05, 0) is 35.5 Å². The average Bonchev–Trinajstić information content (AvgIpc) is 2.25. The summed E-state index contributed by atoms with van der Waals surface area (Å²) in [7, 11) is 5.15. The number of hydrogen-bond donors (Lipinski definition) is 1. The Labute approximate surface area is 127 Å². The van der Waals surface area contributed by atoms with Crippen molar-refractivity contribution in [1.82, 2.24) is 14.7 Å². The van der Waals surface area contributed by atoms with Crippen molar-refractivity contribution in [2.75, 3.05) is 34.7 Å². The smallest absolute Gasteiger partial charge is 0.397 e. The molecule has 0 aliphatic heterocycles. The second-order valence-corrected chi connectivity index (χ2v) is 6.48. The van der Waals surface area contributed by atoms with Crippen molar-refractivity contribution in [3.05, 3.63) is 0 Å². The van der Waals surface area contributed by atoms with Crippen molar-refractivity contribution in [1.29, 1.82) is 0 Å². The minimum atomic E-state index is -4.71. The van der Waals surface area contributed by atoms with E-state index in [0.29, 0.717) is 4.90 Å². The van der Waals surface area contributed by atoms with Crippen LogP contribution in [-0.4, -0.2) is 78.1 Å². The molecule has 0 bridgehead atoms. The molecule has 0 aromatic carbocycles. The van der Waals surface area contributed by atoms with Crippen molar-refractivity contribution in [3.8, 4) is 0 Å². The second kappa shape index (κ2) is 7.53. The maximum absolute atomic E-state index is 12.5. The zero-order valence-electron chi connectivity index (χ0n) is 12.1. The molecule has 124 valence electrons. The van der Waals surface area contributed by atoms with E-state index in [1.165, 1.54) is 38.0 Å². The largest absolute Gasteiger partial charge is 0.480 e. The third-order valence-electron chi connectivity index (χ3n) is 2.82. The first kappa shape index (κ1) is 20.3. The van der Waals surface area contributed by atoms with Crippen LogP contribution in [0.2, 0.25) is 0 Å². The maximum atomic E-state index is 12.5. The molecular formula is C10H19F3N3O3PS. The molecule has 1 atom stereocenters. The Kier molecular flexibility index (Phi) is 7.28. The molecule has 0 fully saturated rings. The first-order chi connectivity index (χ1) is 9.38. The van der Waals surface area contributed by atoms with Crippen LogP contribution in [0.4, 0.5) is 13.2 Å². The summed E-state index contributed by atoms with van der Waals surface area (Å²) in [6, 6.07) is 0. The topological polar surface area (TPSA) is 64.1 Å². The lowest BCUT2D eigenvalue weighted by atomic mass is 10.3. The number of carboxylic acid groups (broad SMARTS) is 1. The predicted molar refractivity (Wildman–Crippen MR) is 77.2 cm³/mol. The fourth-order valence-electron chi connectivity index (χ4n) is 1.95. The van der Waals surface area contributed by atoms with Gasteiger partial charge in [-0.1, -0.05) is 11.8 Å². The molecule has 0 saturated heterocycles. The summed E-state index contributed by atoms with van der Waals surface area (Å²) >= 11 is 5.06. The minimum absolute atomic E-state index is 0.686. The summed E-state index contributed by atoms with van der Waals surface area (Å²) in [5.41, 5.74) is -1.35. The van der Waals surface area contributed by atoms with Gasteiger partial charge < -0.3 is 5.11 Å². The fraction of sp³-hybridized carbons (Fsp3) is 0.800. The van der Waals surface area contributed by atoms with Crippen LogP contribution in [0, 0.1) is 0 Å². The highest BCUT2D eigenvalue weighted by Crippen LogP contribution is 2.34. The van der Waals surface area contributed by atoms with E-state index < -0.39 is 43.9 Å². The monoisotopic (exact) mass is 349 g/mol. The van der Waals surface area contributed by atoms with Crippen LogP contribution in [-0.2, 0) is 21.4 Å². The number of rotatable bonds is 7. The predicted octanol–water partition coefficient (Wildman–Crippen LogP) is 0.459. The molecular weight excluding hydrogens is 330 g/mol. The van der Waals surface area contributed by atoms with E-state index in [1.807, 2.05) is 0 Å². The Morgan fingerprint density at radius 2 is 1.57 bits per heavy atom. The number of carbonyl (C=O) groups excluding carboxylic acids is 1. The Morgan fingerprint density at radius 3 is 1.81 bits per heavy atom. The summed E-state index contributed by atoms with van der Waals surface area (Å²) in [5, 5.41) is 8.92. The molecule has 21 heavy (non-hydrogen) atoms. The zero-order valence-corrected chi connectivity index (χ0v) is 14.1. The molecule has 1 amide bonds. The highest BCUT2D eigenvalue weighted by atomic mass is 32.4. The van der Waals surface area contributed by atoms with Crippen molar-refractivity contribution < 1.29 is 27.9 Å². The van der Waals surface area contributed by atoms with Gasteiger partial charge in [0.2, 0.25) is 5.91 Å². The standard InChI is InChI=1S/C10H19F3N3O3PS/c1-14(2)10(20-21,15(3)4)16(6-8(18)19)7(17)5-9(11,12)13/h5-6,20H2,1-4H3,(H,18,19). The van der Waals surface area contributed by atoms with E-state index >= 15 is 0 Å². The molecule has 0 aromatic rings. The number of aliphatic carboxylic acids is 1. The van der Waals surface area contributed by atoms with E-state index in [-0.39, 0.29) is 0 Å². The summed E-state index contributed by atoms with van der Waals surface area (Å²) < 4.78 is 37.4. The average molecular weight is 349 g/mol. The van der Waals surface area contributed by atoms with Gasteiger partial charge >= 0.3 is 12.1 Å². The Balaban J connectivity index is 5.81. The van der Waals surface area contributed by atoms with Crippen LogP contribution in [0.25, 0.3) is 0 Å². The number of nitrogens with zero attached hydrogens (tertiary/aromatic N) is 3. The quantitative estimate of drug-likeness (QED) is 0.532. The van der Waals surface area contributed by atoms with Crippen molar-refractivity contribution in [2.24, 2.45) is 0 Å². The summed E-state index contributed by atoms with van der Waals surface area (Å²) in [4.78, 5) is 26.5. The van der Waals surface area contributed by atoms with Gasteiger partial charge in [-0.2, -0.15) is 13.2 Å². The third kappa shape index (κ3) is 5.21. The molecule has 0 heterocycles. The van der Waals surface area contributed by atoms with Crippen LogP contribution in [0.5, 0.6) is 0 Å². The maximum Gasteiger partial charge on any atom is 0.397 e. The van der Waals surface area contributed by atoms with Gasteiger partial charge in [-0.3, -0.25) is 24.3 Å². The number of alkyl halides is 3. The molecule has 6 nitrogen and oxygen atoms in total. The zero-order chi connectivity index (χ0) is 17.0. The lowest BCUT2D eigenvalue weighted by Gasteiger charge is -2.49. The van der Waals surface area contributed by atoms with Gasteiger partial charge in [0.1, 0.15) is 13.0 Å². The SMILES string of the molecule is CN(C)C([PH2]=S)(N(C)C)N(CC(=O)O)C(=O)CC(F)(F)F. The van der Waals surface area contributed by atoms with Crippen LogP contribution in [0.15, 0.2) is 0 Å². The fourth-order valence-corrected chi connectivity index (χ4v) is 4.38. The summed E-state index contributed by atoms with van der Waals surface area (Å²) in [5.74, 6) is -2.72. The highest BCUT2D eigenvalue weighted by Gasteiger charge is 2.45. The Morgan fingerprint density at radius 1 is 1.14 bits per heavy atom. The molecule has 0 radical (unpaired) electrons. The molecule has 0 aliphatic carbocycles. The van der Waals surface area contributed by atoms with Gasteiger partial charge in [0.15, 0.2) is 5.53 Å². The van der Waals surface area contributed by atoms with Crippen LogP contribution >= 0.6 is 7.36 Å². The number of carbonyl (C=O) groups is 2. The number of carboxylic acids is 1. The summed E-state index contributed by atoms with van der Waals surface area (Å²) in [6.45, 7) is -0.852. The van der Waals surface area contributed by atoms with Crippen LogP contribution < -0.4 is 0 Å². The molecule has 0 aromatic heterocycles. The van der Waals surface area contributed by atoms with E-state index in [4.69, 9.17) is 16.9 Å². The summed E-state index contributed by atoms with van der Waals surface area (Å²) in [6.07, 6.45) is -6.44. The van der Waals surface area contributed by atoms with Crippen LogP contribution in [0.1, 0.15) is 6.42 Å². The minimum Gasteiger partial charge on any atom is -0.480 e. The molecule has 11 heteroatoms. The molecule has 0 aliphatic rings. The van der Waals surface area contributed by atoms with Crippen molar-refractivity contribution in [3.63, 3.8) is 0 Å². The van der Waals surface area contributed by atoms with Gasteiger partial charge in [0.25, 0.3) is 0 Å². The van der Waals surface area contributed by atoms with Crippen LogP contribution in [0.3, 0.4) is 0 Å². The van der Waals surface area contributed by atoms with E-state index in [9.17, 15) is 22.8 Å². The van der Waals surface area contributed by atoms with Gasteiger partial charge in [0, 0.05) is 0 Å². The number of amides is 1. The lowest BCUT2D eigenvalue weighted by molar-refractivity contribution is -0.176. The third-order valence-corrected chi connectivity index (χ3v) is 5.43. The molecule has 0 rings (SSSR count).